The van der Waals surface area contributed by atoms with Gasteiger partial charge in [-0.3, -0.25) is 4.79 Å². The highest BCUT2D eigenvalue weighted by Crippen LogP contribution is 2.30. The maximum atomic E-state index is 11.9. The van der Waals surface area contributed by atoms with Crippen molar-refractivity contribution in [1.82, 2.24) is 19.5 Å². The van der Waals surface area contributed by atoms with E-state index >= 15 is 0 Å². The molecule has 0 fully saturated rings. The van der Waals surface area contributed by atoms with Gasteiger partial charge in [-0.15, -0.1) is 0 Å². The van der Waals surface area contributed by atoms with Crippen molar-refractivity contribution in [3.8, 4) is 12.0 Å². The van der Waals surface area contributed by atoms with Gasteiger partial charge in [-0.1, -0.05) is 30.3 Å². The van der Waals surface area contributed by atoms with Gasteiger partial charge in [0.2, 0.25) is 5.95 Å². The second-order valence-electron chi connectivity index (χ2n) is 8.04. The molecular formula is C23H23BN6O5. The minimum atomic E-state index is -1.54. The van der Waals surface area contributed by atoms with Crippen LogP contribution in [0.3, 0.4) is 0 Å². The first-order chi connectivity index (χ1) is 17.0. The molecule has 0 bridgehead atoms. The fourth-order valence-electron chi connectivity index (χ4n) is 4.15. The Morgan fingerprint density at radius 3 is 2.83 bits per heavy atom. The molecule has 1 aliphatic heterocycles. The number of benzene rings is 2. The molecule has 5 rings (SSSR count). The SMILES string of the molecule is COc1nc2c(C(N)=O)cccc2n1-c1nc2c(c(NCc3cccc(B(O)O)c3)n1)CCOC2. The zero-order valence-corrected chi connectivity index (χ0v) is 18.9. The topological polar surface area (TPSA) is 158 Å². The van der Waals surface area contributed by atoms with Crippen LogP contribution in [-0.4, -0.2) is 56.3 Å². The van der Waals surface area contributed by atoms with Crippen LogP contribution >= 0.6 is 0 Å². The van der Waals surface area contributed by atoms with Gasteiger partial charge in [-0.25, -0.2) is 9.55 Å². The molecule has 0 unspecified atom stereocenters. The van der Waals surface area contributed by atoms with Gasteiger partial charge in [0, 0.05) is 18.5 Å². The molecule has 1 amide bonds. The number of methoxy groups -OCH3 is 1. The number of carbonyl (C=O) groups is 1. The minimum absolute atomic E-state index is 0.209. The van der Waals surface area contributed by atoms with Crippen LogP contribution in [0.15, 0.2) is 42.5 Å². The monoisotopic (exact) mass is 474 g/mol. The third-order valence-corrected chi connectivity index (χ3v) is 5.83. The number of primary amides is 1. The van der Waals surface area contributed by atoms with Crippen LogP contribution in [0.4, 0.5) is 5.82 Å². The summed E-state index contributed by atoms with van der Waals surface area (Å²) in [4.78, 5) is 25.9. The second kappa shape index (κ2) is 9.33. The minimum Gasteiger partial charge on any atom is -0.468 e. The molecule has 4 aromatic rings. The molecule has 178 valence electrons. The van der Waals surface area contributed by atoms with E-state index in [1.54, 1.807) is 41.0 Å². The Hall–Kier alpha value is -4.00. The van der Waals surface area contributed by atoms with Crippen molar-refractivity contribution in [2.75, 3.05) is 19.0 Å². The Morgan fingerprint density at radius 2 is 2.06 bits per heavy atom. The number of fused-ring (bicyclic) bond motifs is 2. The summed E-state index contributed by atoms with van der Waals surface area (Å²) in [6.07, 6.45) is 0.640. The van der Waals surface area contributed by atoms with Crippen LogP contribution < -0.4 is 21.3 Å². The standard InChI is InChI=1S/C23H23BN6O5/c1-34-23-28-19-16(20(25)31)6-3-7-18(19)30(23)22-27-17-12-35-9-8-15(17)21(29-22)26-11-13-4-2-5-14(10-13)24(32)33/h2-7,10,32-33H,8-9,11-12H2,1H3,(H2,25,31)(H,26,27,29). The molecule has 0 saturated carbocycles. The lowest BCUT2D eigenvalue weighted by molar-refractivity contribution is 0.100. The second-order valence-corrected chi connectivity index (χ2v) is 8.04. The predicted octanol–water partition coefficient (Wildman–Crippen LogP) is 0.288. The lowest BCUT2D eigenvalue weighted by Crippen LogP contribution is -2.30. The van der Waals surface area contributed by atoms with E-state index in [9.17, 15) is 14.8 Å². The Labute approximate surface area is 200 Å². The number of para-hydroxylation sites is 1. The van der Waals surface area contributed by atoms with E-state index in [0.717, 1.165) is 16.8 Å². The zero-order valence-electron chi connectivity index (χ0n) is 18.9. The summed E-state index contributed by atoms with van der Waals surface area (Å²) in [6.45, 7) is 1.28. The first kappa shape index (κ1) is 22.8. The number of ether oxygens (including phenoxy) is 2. The summed E-state index contributed by atoms with van der Waals surface area (Å²) in [5, 5.41) is 22.3. The first-order valence-electron chi connectivity index (χ1n) is 11.0. The van der Waals surface area contributed by atoms with E-state index in [-0.39, 0.29) is 11.6 Å². The summed E-state index contributed by atoms with van der Waals surface area (Å²) in [7, 11) is -0.0666. The molecule has 35 heavy (non-hydrogen) atoms. The molecular weight excluding hydrogens is 451 g/mol. The quantitative estimate of drug-likeness (QED) is 0.276. The average Bonchev–Trinajstić information content (AvgIpc) is 3.26. The number of amides is 1. The van der Waals surface area contributed by atoms with Gasteiger partial charge in [0.05, 0.1) is 37.1 Å². The van der Waals surface area contributed by atoms with Crippen LogP contribution in [-0.2, 0) is 24.3 Å². The summed E-state index contributed by atoms with van der Waals surface area (Å²) in [5.41, 5.74) is 9.71. The molecule has 0 atom stereocenters. The number of carbonyl (C=O) groups excluding carboxylic acids is 1. The van der Waals surface area contributed by atoms with Crippen LogP contribution in [0.25, 0.3) is 17.0 Å². The van der Waals surface area contributed by atoms with E-state index in [4.69, 9.17) is 25.2 Å². The first-order valence-corrected chi connectivity index (χ1v) is 11.0. The number of nitrogens with two attached hydrogens (primary N) is 1. The van der Waals surface area contributed by atoms with Gasteiger partial charge in [-0.05, 0) is 23.2 Å². The molecule has 2 aromatic heterocycles. The smallest absolute Gasteiger partial charge is 0.468 e. The molecule has 0 saturated heterocycles. The van der Waals surface area contributed by atoms with E-state index in [1.165, 1.54) is 7.11 Å². The van der Waals surface area contributed by atoms with Crippen LogP contribution in [0.5, 0.6) is 6.01 Å². The van der Waals surface area contributed by atoms with Gasteiger partial charge < -0.3 is 30.6 Å². The summed E-state index contributed by atoms with van der Waals surface area (Å²) in [5.74, 6) is 0.329. The number of nitrogens with zero attached hydrogens (tertiary/aromatic N) is 4. The molecule has 2 aromatic carbocycles. The largest absolute Gasteiger partial charge is 0.488 e. The highest BCUT2D eigenvalue weighted by molar-refractivity contribution is 6.58. The molecule has 0 spiro atoms. The van der Waals surface area contributed by atoms with Crippen LogP contribution in [0, 0.1) is 0 Å². The van der Waals surface area contributed by atoms with Gasteiger partial charge >= 0.3 is 13.1 Å². The lowest BCUT2D eigenvalue weighted by atomic mass is 9.79. The molecule has 0 aliphatic carbocycles. The number of rotatable bonds is 7. The van der Waals surface area contributed by atoms with Crippen molar-refractivity contribution in [3.63, 3.8) is 0 Å². The number of hydrogen-bond donors (Lipinski definition) is 4. The molecule has 1 aliphatic rings. The fraction of sp³-hybridized carbons (Fsp3) is 0.217. The number of aromatic nitrogens is 4. The Morgan fingerprint density at radius 1 is 1.23 bits per heavy atom. The molecule has 3 heterocycles. The van der Waals surface area contributed by atoms with E-state index in [0.29, 0.717) is 54.4 Å². The van der Waals surface area contributed by atoms with Crippen molar-refractivity contribution in [2.24, 2.45) is 5.73 Å². The maximum Gasteiger partial charge on any atom is 0.488 e. The van der Waals surface area contributed by atoms with Gasteiger partial charge in [-0.2, -0.15) is 9.97 Å². The van der Waals surface area contributed by atoms with Crippen molar-refractivity contribution in [2.45, 2.75) is 19.6 Å². The number of anilines is 1. The van der Waals surface area contributed by atoms with E-state index in [1.807, 2.05) is 6.07 Å². The number of nitrogens with one attached hydrogen (secondary N) is 1. The number of imidazole rings is 1. The highest BCUT2D eigenvalue weighted by Gasteiger charge is 2.24. The van der Waals surface area contributed by atoms with E-state index < -0.39 is 13.0 Å². The molecule has 11 nitrogen and oxygen atoms in total. The van der Waals surface area contributed by atoms with Crippen molar-refractivity contribution in [3.05, 3.63) is 64.8 Å². The third-order valence-electron chi connectivity index (χ3n) is 5.83. The Balaban J connectivity index is 1.59. The molecule has 0 radical (unpaired) electrons. The Kier molecular flexibility index (Phi) is 6.07. The molecule has 12 heteroatoms. The maximum absolute atomic E-state index is 11.9. The predicted molar refractivity (Wildman–Crippen MR) is 129 cm³/mol. The van der Waals surface area contributed by atoms with Gasteiger partial charge in [0.15, 0.2) is 0 Å². The van der Waals surface area contributed by atoms with E-state index in [2.05, 4.69) is 10.3 Å². The molecule has 5 N–H and O–H groups in total. The van der Waals surface area contributed by atoms with Crippen LogP contribution in [0.1, 0.15) is 27.2 Å². The van der Waals surface area contributed by atoms with Gasteiger partial charge in [0.25, 0.3) is 5.91 Å². The number of hydrogen-bond acceptors (Lipinski definition) is 9. The summed E-state index contributed by atoms with van der Waals surface area (Å²) < 4.78 is 12.8. The normalized spacial score (nSPS) is 12.9. The lowest BCUT2D eigenvalue weighted by Gasteiger charge is -2.21. The van der Waals surface area contributed by atoms with Gasteiger partial charge in [0.1, 0.15) is 11.3 Å². The Bertz CT molecular complexity index is 1420. The van der Waals surface area contributed by atoms with Crippen molar-refractivity contribution < 1.29 is 24.3 Å². The van der Waals surface area contributed by atoms with Crippen molar-refractivity contribution >= 4 is 35.3 Å². The fourth-order valence-corrected chi connectivity index (χ4v) is 4.15. The third kappa shape index (κ3) is 4.30. The summed E-state index contributed by atoms with van der Waals surface area (Å²) in [6, 6.07) is 12.3. The average molecular weight is 474 g/mol. The zero-order chi connectivity index (χ0) is 24.5. The summed E-state index contributed by atoms with van der Waals surface area (Å²) >= 11 is 0. The van der Waals surface area contributed by atoms with Crippen LogP contribution in [0.2, 0.25) is 0 Å². The van der Waals surface area contributed by atoms with Crippen molar-refractivity contribution in [1.29, 1.82) is 0 Å². The highest BCUT2D eigenvalue weighted by atomic mass is 16.5.